The maximum atomic E-state index is 12.2. The van der Waals surface area contributed by atoms with Gasteiger partial charge in [-0.25, -0.2) is 9.97 Å². The molecule has 4 aromatic rings. The maximum Gasteiger partial charge on any atom is 0.253 e. The largest absolute Gasteiger partial charge is 0.378 e. The van der Waals surface area contributed by atoms with Crippen molar-refractivity contribution in [1.82, 2.24) is 19.1 Å². The summed E-state index contributed by atoms with van der Waals surface area (Å²) >= 11 is 0. The number of imidazole rings is 1. The van der Waals surface area contributed by atoms with Crippen LogP contribution in [0.25, 0.3) is 22.6 Å². The van der Waals surface area contributed by atoms with Crippen molar-refractivity contribution >= 4 is 16.9 Å². The van der Waals surface area contributed by atoms with Crippen molar-refractivity contribution in [2.45, 2.75) is 13.5 Å². The Morgan fingerprint density at radius 3 is 2.61 bits per heavy atom. The Bertz CT molecular complexity index is 1260. The van der Waals surface area contributed by atoms with Crippen molar-refractivity contribution < 1.29 is 4.74 Å². The van der Waals surface area contributed by atoms with E-state index >= 15 is 0 Å². The van der Waals surface area contributed by atoms with Crippen molar-refractivity contribution in [1.29, 1.82) is 0 Å². The Morgan fingerprint density at radius 1 is 1.10 bits per heavy atom. The fourth-order valence-corrected chi connectivity index (χ4v) is 4.13. The summed E-state index contributed by atoms with van der Waals surface area (Å²) in [6, 6.07) is 14.3. The van der Waals surface area contributed by atoms with Gasteiger partial charge >= 0.3 is 0 Å². The first kappa shape index (κ1) is 19.5. The second-order valence-corrected chi connectivity index (χ2v) is 7.97. The molecule has 0 N–H and O–H groups in total. The predicted molar refractivity (Wildman–Crippen MR) is 122 cm³/mol. The molecule has 5 rings (SSSR count). The molecule has 7 nitrogen and oxygen atoms in total. The molecule has 1 aromatic carbocycles. The molecule has 1 fully saturated rings. The Kier molecular flexibility index (Phi) is 5.03. The molecule has 0 atom stereocenters. The molecule has 0 unspecified atom stereocenters. The van der Waals surface area contributed by atoms with Crippen LogP contribution in [0.4, 0.5) is 5.69 Å². The molecule has 1 aliphatic rings. The summed E-state index contributed by atoms with van der Waals surface area (Å²) in [5, 5.41) is 0. The zero-order chi connectivity index (χ0) is 21.4. The van der Waals surface area contributed by atoms with E-state index in [1.54, 1.807) is 11.6 Å². The Hall–Kier alpha value is -3.45. The molecule has 0 aliphatic carbocycles. The molecule has 0 saturated carbocycles. The fourth-order valence-electron chi connectivity index (χ4n) is 4.13. The van der Waals surface area contributed by atoms with Gasteiger partial charge in [0.1, 0.15) is 11.3 Å². The molecule has 0 bridgehead atoms. The third-order valence-electron chi connectivity index (χ3n) is 5.75. The standard InChI is InChI=1S/C24H25N5O2/c1-17-12-19(16-27(2)24(17)30)22-26-21-13-20(28-8-10-31-11-9-28)14-25-23(21)29(22)15-18-6-4-3-5-7-18/h3-7,12-14,16H,8-11,15H2,1-2H3. The highest BCUT2D eigenvalue weighted by Crippen LogP contribution is 2.27. The fraction of sp³-hybridized carbons (Fsp3) is 0.292. The summed E-state index contributed by atoms with van der Waals surface area (Å²) in [6.07, 6.45) is 3.77. The van der Waals surface area contributed by atoms with Gasteiger partial charge in [0.15, 0.2) is 5.65 Å². The van der Waals surface area contributed by atoms with Crippen LogP contribution in [0, 0.1) is 6.92 Å². The molecule has 3 aromatic heterocycles. The number of aryl methyl sites for hydroxylation is 2. The lowest BCUT2D eigenvalue weighted by Crippen LogP contribution is -2.36. The number of hydrogen-bond donors (Lipinski definition) is 0. The van der Waals surface area contributed by atoms with E-state index in [2.05, 4.69) is 27.7 Å². The molecule has 0 radical (unpaired) electrons. The van der Waals surface area contributed by atoms with E-state index in [0.29, 0.717) is 12.1 Å². The van der Waals surface area contributed by atoms with Gasteiger partial charge in [0.25, 0.3) is 5.56 Å². The minimum Gasteiger partial charge on any atom is -0.378 e. The Balaban J connectivity index is 1.66. The molecule has 0 spiro atoms. The maximum absolute atomic E-state index is 12.2. The molecule has 0 amide bonds. The van der Waals surface area contributed by atoms with Crippen molar-refractivity contribution in [2.75, 3.05) is 31.2 Å². The molecule has 1 saturated heterocycles. The van der Waals surface area contributed by atoms with Crippen molar-refractivity contribution in [3.63, 3.8) is 0 Å². The van der Waals surface area contributed by atoms with Gasteiger partial charge in [-0.15, -0.1) is 0 Å². The zero-order valence-corrected chi connectivity index (χ0v) is 17.8. The van der Waals surface area contributed by atoms with Gasteiger partial charge in [-0.05, 0) is 24.6 Å². The van der Waals surface area contributed by atoms with Crippen LogP contribution in [-0.2, 0) is 18.3 Å². The first-order valence-electron chi connectivity index (χ1n) is 10.5. The molecular weight excluding hydrogens is 390 g/mol. The number of nitrogens with zero attached hydrogens (tertiary/aromatic N) is 5. The highest BCUT2D eigenvalue weighted by Gasteiger charge is 2.18. The van der Waals surface area contributed by atoms with Gasteiger partial charge in [0, 0.05) is 37.5 Å². The van der Waals surface area contributed by atoms with Crippen molar-refractivity contribution in [3.05, 3.63) is 76.3 Å². The van der Waals surface area contributed by atoms with E-state index in [4.69, 9.17) is 14.7 Å². The Morgan fingerprint density at radius 2 is 1.87 bits per heavy atom. The van der Waals surface area contributed by atoms with Gasteiger partial charge in [0.2, 0.25) is 0 Å². The number of fused-ring (bicyclic) bond motifs is 1. The number of morpholine rings is 1. The zero-order valence-electron chi connectivity index (χ0n) is 17.8. The van der Waals surface area contributed by atoms with E-state index in [0.717, 1.165) is 54.5 Å². The molecule has 158 valence electrons. The number of pyridine rings is 2. The summed E-state index contributed by atoms with van der Waals surface area (Å²) < 4.78 is 9.22. The summed E-state index contributed by atoms with van der Waals surface area (Å²) in [5.74, 6) is 0.809. The lowest BCUT2D eigenvalue weighted by atomic mass is 10.2. The van der Waals surface area contributed by atoms with Gasteiger partial charge in [-0.1, -0.05) is 30.3 Å². The van der Waals surface area contributed by atoms with Gasteiger partial charge in [0.05, 0.1) is 31.6 Å². The van der Waals surface area contributed by atoms with E-state index in [-0.39, 0.29) is 5.56 Å². The number of hydrogen-bond acceptors (Lipinski definition) is 5. The molecule has 4 heterocycles. The van der Waals surface area contributed by atoms with Crippen LogP contribution in [0.1, 0.15) is 11.1 Å². The van der Waals surface area contributed by atoms with E-state index < -0.39 is 0 Å². The van der Waals surface area contributed by atoms with Crippen LogP contribution in [0.3, 0.4) is 0 Å². The van der Waals surface area contributed by atoms with E-state index in [1.165, 1.54) is 5.56 Å². The van der Waals surface area contributed by atoms with E-state index in [9.17, 15) is 4.79 Å². The summed E-state index contributed by atoms with van der Waals surface area (Å²) in [5.41, 5.74) is 5.51. The average Bonchev–Trinajstić information content (AvgIpc) is 3.16. The van der Waals surface area contributed by atoms with Crippen molar-refractivity contribution in [2.24, 2.45) is 7.05 Å². The van der Waals surface area contributed by atoms with Crippen LogP contribution in [0.2, 0.25) is 0 Å². The monoisotopic (exact) mass is 415 g/mol. The smallest absolute Gasteiger partial charge is 0.253 e. The number of benzene rings is 1. The summed E-state index contributed by atoms with van der Waals surface area (Å²) in [7, 11) is 1.78. The number of aromatic nitrogens is 4. The van der Waals surface area contributed by atoms with Crippen LogP contribution < -0.4 is 10.5 Å². The quantitative estimate of drug-likeness (QED) is 0.513. The molecule has 7 heteroatoms. The number of ether oxygens (including phenoxy) is 1. The summed E-state index contributed by atoms with van der Waals surface area (Å²) in [4.78, 5) is 24.3. The minimum atomic E-state index is 0.00204. The first-order valence-corrected chi connectivity index (χ1v) is 10.5. The number of anilines is 1. The topological polar surface area (TPSA) is 65.2 Å². The van der Waals surface area contributed by atoms with Crippen LogP contribution in [-0.4, -0.2) is 45.4 Å². The highest BCUT2D eigenvalue weighted by molar-refractivity contribution is 5.80. The van der Waals surface area contributed by atoms with Gasteiger partial charge in [-0.2, -0.15) is 0 Å². The predicted octanol–water partition coefficient (Wildman–Crippen LogP) is 2.99. The highest BCUT2D eigenvalue weighted by atomic mass is 16.5. The second-order valence-electron chi connectivity index (χ2n) is 7.97. The third kappa shape index (κ3) is 3.72. The van der Waals surface area contributed by atoms with Crippen LogP contribution >= 0.6 is 0 Å². The molecule has 1 aliphatic heterocycles. The van der Waals surface area contributed by atoms with Crippen molar-refractivity contribution in [3.8, 4) is 11.4 Å². The second kappa shape index (κ2) is 8.00. The molecule has 31 heavy (non-hydrogen) atoms. The molecular formula is C24H25N5O2. The van der Waals surface area contributed by atoms with Gasteiger partial charge in [-0.3, -0.25) is 4.79 Å². The Labute approximate surface area is 180 Å². The minimum absolute atomic E-state index is 0.00204. The van der Waals surface area contributed by atoms with E-state index in [1.807, 2.05) is 43.6 Å². The van der Waals surface area contributed by atoms with Crippen LogP contribution in [0.15, 0.2) is 59.7 Å². The number of rotatable bonds is 4. The SMILES string of the molecule is Cc1cc(-c2nc3cc(N4CCOCC4)cnc3n2Cc2ccccc2)cn(C)c1=O. The normalized spacial score (nSPS) is 14.3. The van der Waals surface area contributed by atoms with Crippen LogP contribution in [0.5, 0.6) is 0 Å². The lowest BCUT2D eigenvalue weighted by Gasteiger charge is -2.28. The average molecular weight is 415 g/mol. The summed E-state index contributed by atoms with van der Waals surface area (Å²) in [6.45, 7) is 5.64. The lowest BCUT2D eigenvalue weighted by molar-refractivity contribution is 0.122. The van der Waals surface area contributed by atoms with Gasteiger partial charge < -0.3 is 18.8 Å². The third-order valence-corrected chi connectivity index (χ3v) is 5.75. The first-order chi connectivity index (χ1) is 15.1.